The fourth-order valence-corrected chi connectivity index (χ4v) is 4.22. The van der Waals surface area contributed by atoms with Crippen molar-refractivity contribution in [2.24, 2.45) is 0 Å². The molecule has 24 heavy (non-hydrogen) atoms. The highest BCUT2D eigenvalue weighted by atomic mass is 79.9. The van der Waals surface area contributed by atoms with E-state index in [4.69, 9.17) is 12.2 Å². The first-order chi connectivity index (χ1) is 11.5. The molecule has 1 heterocycles. The predicted molar refractivity (Wildman–Crippen MR) is 112 cm³/mol. The van der Waals surface area contributed by atoms with E-state index in [1.165, 1.54) is 11.8 Å². The number of hydrogen-bond donors (Lipinski definition) is 1. The van der Waals surface area contributed by atoms with Gasteiger partial charge in [-0.2, -0.15) is 0 Å². The van der Waals surface area contributed by atoms with Crippen LogP contribution in [0.5, 0.6) is 0 Å². The molecule has 0 spiro atoms. The number of carbonyl (C=O) groups excluding carboxylic acids is 1. The van der Waals surface area contributed by atoms with Gasteiger partial charge in [0.25, 0.3) is 5.91 Å². The third-order valence-electron chi connectivity index (χ3n) is 3.29. The topological polar surface area (TPSA) is 32.3 Å². The van der Waals surface area contributed by atoms with E-state index in [1.54, 1.807) is 4.90 Å². The van der Waals surface area contributed by atoms with Crippen LogP contribution in [-0.4, -0.2) is 21.8 Å². The number of halogens is 2. The molecular weight excluding hydrogens is 472 g/mol. The van der Waals surface area contributed by atoms with Crippen LogP contribution in [-0.2, 0) is 4.79 Å². The molecule has 0 atom stereocenters. The molecule has 3 nitrogen and oxygen atoms in total. The van der Waals surface area contributed by atoms with Crippen molar-refractivity contribution in [3.8, 4) is 0 Å². The summed E-state index contributed by atoms with van der Waals surface area (Å²) in [4.78, 5) is 14.8. The van der Waals surface area contributed by atoms with E-state index in [1.807, 2.05) is 54.6 Å². The molecule has 1 amide bonds. The van der Waals surface area contributed by atoms with Crippen molar-refractivity contribution in [1.82, 2.24) is 4.90 Å². The van der Waals surface area contributed by atoms with Crippen LogP contribution in [0, 0.1) is 0 Å². The van der Waals surface area contributed by atoms with Gasteiger partial charge in [0, 0.05) is 14.6 Å². The third kappa shape index (κ3) is 4.27. The second-order valence-electron chi connectivity index (χ2n) is 5.01. The Morgan fingerprint density at radius 3 is 2.54 bits per heavy atom. The number of benzene rings is 2. The molecule has 7 heteroatoms. The molecular formula is C17H12Br2N2OS2. The van der Waals surface area contributed by atoms with Crippen molar-refractivity contribution in [2.45, 2.75) is 0 Å². The van der Waals surface area contributed by atoms with Gasteiger partial charge in [-0.1, -0.05) is 74.0 Å². The Hall–Kier alpha value is -1.15. The summed E-state index contributed by atoms with van der Waals surface area (Å²) < 4.78 is 2.51. The van der Waals surface area contributed by atoms with Crippen LogP contribution in [0.2, 0.25) is 0 Å². The van der Waals surface area contributed by atoms with Crippen LogP contribution < -0.4 is 5.32 Å². The maximum absolute atomic E-state index is 12.6. The Labute approximate surface area is 166 Å². The number of hydrogen-bond acceptors (Lipinski definition) is 4. The van der Waals surface area contributed by atoms with Crippen molar-refractivity contribution < 1.29 is 4.79 Å². The van der Waals surface area contributed by atoms with Gasteiger partial charge in [0.2, 0.25) is 0 Å². The number of thioether (sulfide) groups is 1. The molecule has 0 radical (unpaired) electrons. The van der Waals surface area contributed by atoms with E-state index in [2.05, 4.69) is 37.2 Å². The van der Waals surface area contributed by atoms with Gasteiger partial charge in [-0.3, -0.25) is 9.69 Å². The minimum absolute atomic E-state index is 0.0764. The summed E-state index contributed by atoms with van der Waals surface area (Å²) >= 11 is 13.5. The van der Waals surface area contributed by atoms with Crippen LogP contribution in [0.4, 0.5) is 5.69 Å². The SMILES string of the molecule is O=C1/C(=C\c2cccc(Br)c2)SC(=S)N1CNc1cccc(Br)c1. The van der Waals surface area contributed by atoms with Gasteiger partial charge in [0.05, 0.1) is 11.6 Å². The number of thiocarbonyl (C=S) groups is 1. The average molecular weight is 484 g/mol. The third-order valence-corrected chi connectivity index (χ3v) is 5.65. The summed E-state index contributed by atoms with van der Waals surface area (Å²) in [5, 5.41) is 3.22. The summed E-state index contributed by atoms with van der Waals surface area (Å²) in [7, 11) is 0. The molecule has 0 aliphatic carbocycles. The number of anilines is 1. The summed E-state index contributed by atoms with van der Waals surface area (Å²) in [6.45, 7) is 0.344. The molecule has 1 N–H and O–H groups in total. The molecule has 0 bridgehead atoms. The van der Waals surface area contributed by atoms with Gasteiger partial charge < -0.3 is 5.32 Å². The zero-order valence-corrected chi connectivity index (χ0v) is 17.1. The van der Waals surface area contributed by atoms with Gasteiger partial charge in [-0.05, 0) is 42.0 Å². The van der Waals surface area contributed by atoms with Gasteiger partial charge in [-0.25, -0.2) is 0 Å². The molecule has 1 fully saturated rings. The van der Waals surface area contributed by atoms with E-state index < -0.39 is 0 Å². The monoisotopic (exact) mass is 482 g/mol. The minimum atomic E-state index is -0.0764. The summed E-state index contributed by atoms with van der Waals surface area (Å²) in [5.41, 5.74) is 1.89. The molecule has 1 aliphatic rings. The zero-order chi connectivity index (χ0) is 17.1. The highest BCUT2D eigenvalue weighted by molar-refractivity contribution is 9.10. The standard InChI is InChI=1S/C17H12Br2N2OS2/c18-12-4-1-3-11(7-12)8-15-16(22)21(17(23)24-15)10-20-14-6-2-5-13(19)9-14/h1-9,20H,10H2/b15-8+. The highest BCUT2D eigenvalue weighted by Crippen LogP contribution is 2.32. The number of carbonyl (C=O) groups is 1. The zero-order valence-electron chi connectivity index (χ0n) is 12.3. The molecule has 0 aromatic heterocycles. The molecule has 3 rings (SSSR count). The normalized spacial score (nSPS) is 16.1. The second kappa shape index (κ2) is 7.82. The fourth-order valence-electron chi connectivity index (χ4n) is 2.15. The number of nitrogens with one attached hydrogen (secondary N) is 1. The Balaban J connectivity index is 1.72. The van der Waals surface area contributed by atoms with Crippen molar-refractivity contribution in [1.29, 1.82) is 0 Å². The summed E-state index contributed by atoms with van der Waals surface area (Å²) in [6.07, 6.45) is 1.86. The summed E-state index contributed by atoms with van der Waals surface area (Å²) in [6, 6.07) is 15.6. The molecule has 1 aliphatic heterocycles. The van der Waals surface area contributed by atoms with Crippen LogP contribution in [0.3, 0.4) is 0 Å². The lowest BCUT2D eigenvalue weighted by Crippen LogP contribution is -2.33. The lowest BCUT2D eigenvalue weighted by atomic mass is 10.2. The Bertz CT molecular complexity index is 839. The fraction of sp³-hybridized carbons (Fsp3) is 0.0588. The minimum Gasteiger partial charge on any atom is -0.367 e. The lowest BCUT2D eigenvalue weighted by Gasteiger charge is -2.16. The van der Waals surface area contributed by atoms with Crippen LogP contribution in [0.25, 0.3) is 6.08 Å². The molecule has 2 aromatic rings. The van der Waals surface area contributed by atoms with Crippen molar-refractivity contribution in [3.05, 3.63) is 67.9 Å². The molecule has 2 aromatic carbocycles. The Morgan fingerprint density at radius 1 is 1.12 bits per heavy atom. The Morgan fingerprint density at radius 2 is 1.83 bits per heavy atom. The van der Waals surface area contributed by atoms with Crippen LogP contribution >= 0.6 is 55.8 Å². The van der Waals surface area contributed by atoms with Gasteiger partial charge in [0.1, 0.15) is 4.32 Å². The molecule has 1 saturated heterocycles. The van der Waals surface area contributed by atoms with E-state index in [0.717, 1.165) is 20.2 Å². The van der Waals surface area contributed by atoms with Crippen molar-refractivity contribution in [2.75, 3.05) is 12.0 Å². The predicted octanol–water partition coefficient (Wildman–Crippen LogP) is 5.48. The Kier molecular flexibility index (Phi) is 5.76. The number of amides is 1. The summed E-state index contributed by atoms with van der Waals surface area (Å²) in [5.74, 6) is -0.0764. The largest absolute Gasteiger partial charge is 0.367 e. The van der Waals surface area contributed by atoms with Crippen LogP contribution in [0.15, 0.2) is 62.4 Å². The van der Waals surface area contributed by atoms with E-state index in [9.17, 15) is 4.79 Å². The number of rotatable bonds is 4. The van der Waals surface area contributed by atoms with E-state index >= 15 is 0 Å². The second-order valence-corrected chi connectivity index (χ2v) is 8.52. The average Bonchev–Trinajstić information content (AvgIpc) is 2.79. The maximum Gasteiger partial charge on any atom is 0.267 e. The van der Waals surface area contributed by atoms with E-state index in [0.29, 0.717) is 15.9 Å². The van der Waals surface area contributed by atoms with Crippen molar-refractivity contribution >= 4 is 77.8 Å². The number of nitrogens with zero attached hydrogens (tertiary/aromatic N) is 1. The van der Waals surface area contributed by atoms with Gasteiger partial charge in [0.15, 0.2) is 0 Å². The molecule has 0 unspecified atom stereocenters. The maximum atomic E-state index is 12.6. The van der Waals surface area contributed by atoms with Crippen LogP contribution in [0.1, 0.15) is 5.56 Å². The quantitative estimate of drug-likeness (QED) is 0.460. The van der Waals surface area contributed by atoms with Gasteiger partial charge >= 0.3 is 0 Å². The highest BCUT2D eigenvalue weighted by Gasteiger charge is 2.31. The lowest BCUT2D eigenvalue weighted by molar-refractivity contribution is -0.121. The van der Waals surface area contributed by atoms with Crippen molar-refractivity contribution in [3.63, 3.8) is 0 Å². The first-order valence-electron chi connectivity index (χ1n) is 7.03. The van der Waals surface area contributed by atoms with E-state index in [-0.39, 0.29) is 5.91 Å². The first kappa shape index (κ1) is 17.7. The molecule has 122 valence electrons. The first-order valence-corrected chi connectivity index (χ1v) is 9.84. The smallest absolute Gasteiger partial charge is 0.267 e. The van der Waals surface area contributed by atoms with Gasteiger partial charge in [-0.15, -0.1) is 0 Å². The molecule has 0 saturated carbocycles.